The van der Waals surface area contributed by atoms with E-state index in [1.54, 1.807) is 6.92 Å². The van der Waals surface area contributed by atoms with Crippen molar-refractivity contribution < 1.29 is 29.6 Å². The third kappa shape index (κ3) is 4.11. The molecule has 0 aromatic carbocycles. The molecule has 0 amide bonds. The molecule has 4 aliphatic carbocycles. The molecule has 4 aliphatic rings. The Morgan fingerprint density at radius 2 is 1.66 bits per heavy atom. The number of aliphatic hydroxyl groups excluding tert-OH is 2. The van der Waals surface area contributed by atoms with Gasteiger partial charge >= 0.3 is 11.9 Å². The van der Waals surface area contributed by atoms with Crippen molar-refractivity contribution in [3.63, 3.8) is 0 Å². The zero-order valence-electron chi connectivity index (χ0n) is 24.8. The van der Waals surface area contributed by atoms with Gasteiger partial charge in [-0.15, -0.1) is 0 Å². The summed E-state index contributed by atoms with van der Waals surface area (Å²) in [5, 5.41) is 33.2. The van der Waals surface area contributed by atoms with Crippen LogP contribution in [-0.4, -0.2) is 45.6 Å². The quantitative estimate of drug-likeness (QED) is 0.295. The Kier molecular flexibility index (Phi) is 7.53. The number of aliphatic hydroxyl groups is 2. The van der Waals surface area contributed by atoms with Gasteiger partial charge in [-0.3, -0.25) is 9.59 Å². The lowest BCUT2D eigenvalue weighted by Gasteiger charge is -2.70. The van der Waals surface area contributed by atoms with Crippen molar-refractivity contribution in [2.45, 2.75) is 125 Å². The van der Waals surface area contributed by atoms with E-state index in [4.69, 9.17) is 4.74 Å². The summed E-state index contributed by atoms with van der Waals surface area (Å²) in [5.41, 5.74) is 1.65. The van der Waals surface area contributed by atoms with Gasteiger partial charge in [-0.05, 0) is 119 Å². The van der Waals surface area contributed by atoms with Gasteiger partial charge in [-0.1, -0.05) is 38.0 Å². The number of hydrogen-bond donors (Lipinski definition) is 3. The number of aliphatic carboxylic acids is 1. The van der Waals surface area contributed by atoms with Gasteiger partial charge in [0.2, 0.25) is 0 Å². The number of fused-ring (bicyclic) bond motifs is 5. The fraction of sp³-hybridized carbons (Fsp3) is 0.812. The van der Waals surface area contributed by atoms with Crippen LogP contribution in [0.2, 0.25) is 0 Å². The minimum Gasteiger partial charge on any atom is -0.481 e. The van der Waals surface area contributed by atoms with Crippen molar-refractivity contribution in [2.24, 2.45) is 39.4 Å². The summed E-state index contributed by atoms with van der Waals surface area (Å²) in [6.07, 6.45) is 6.26. The SMILES string of the molecule is CC(=O)O[C@H]1C[C@@]2(C)[C@H](C[C@@H](O)[C@@H]3[C@@]4(C)CC[C@@H](O)[C@](C)(C(=O)O)C4CC[C@@]32C)C1=C(C)CCC=C(C)C. The van der Waals surface area contributed by atoms with Gasteiger partial charge in [0.1, 0.15) is 6.10 Å². The lowest BCUT2D eigenvalue weighted by atomic mass is 9.35. The highest BCUT2D eigenvalue weighted by molar-refractivity contribution is 5.76. The lowest BCUT2D eigenvalue weighted by molar-refractivity contribution is -0.252. The first kappa shape index (κ1) is 29.3. The topological polar surface area (TPSA) is 104 Å². The van der Waals surface area contributed by atoms with Crippen LogP contribution in [0.25, 0.3) is 0 Å². The molecule has 4 fully saturated rings. The van der Waals surface area contributed by atoms with Crippen molar-refractivity contribution in [1.82, 2.24) is 0 Å². The standard InChI is InChI=1S/C32H50O6/c1-18(2)10-9-11-19(3)26-21-16-22(34)27-29(5)14-13-25(35)32(8,28(36)37)24(29)12-15-30(27,6)31(21,7)17-23(26)38-20(4)33/h10,21-25,27,34-35H,9,11-17H2,1-8H3,(H,36,37)/t21-,22-,23+,24?,25-,27-,29+,30+,31+,32-/m1/s1. The third-order valence-corrected chi connectivity index (χ3v) is 12.1. The number of rotatable bonds is 5. The van der Waals surface area contributed by atoms with Crippen LogP contribution in [0.3, 0.4) is 0 Å². The number of hydrogen-bond acceptors (Lipinski definition) is 5. The highest BCUT2D eigenvalue weighted by atomic mass is 16.5. The van der Waals surface area contributed by atoms with Gasteiger partial charge in [0.05, 0.1) is 17.6 Å². The zero-order valence-corrected chi connectivity index (χ0v) is 24.8. The van der Waals surface area contributed by atoms with Gasteiger partial charge < -0.3 is 20.1 Å². The van der Waals surface area contributed by atoms with E-state index in [0.717, 1.165) is 25.7 Å². The highest BCUT2D eigenvalue weighted by Crippen LogP contribution is 2.75. The van der Waals surface area contributed by atoms with Gasteiger partial charge in [0.25, 0.3) is 0 Å². The van der Waals surface area contributed by atoms with E-state index < -0.39 is 29.0 Å². The summed E-state index contributed by atoms with van der Waals surface area (Å²) in [7, 11) is 0. The average molecular weight is 531 g/mol. The largest absolute Gasteiger partial charge is 0.481 e. The molecule has 38 heavy (non-hydrogen) atoms. The second kappa shape index (κ2) is 9.76. The van der Waals surface area contributed by atoms with Crippen LogP contribution in [-0.2, 0) is 14.3 Å². The number of carbonyl (C=O) groups excluding carboxylic acids is 1. The summed E-state index contributed by atoms with van der Waals surface area (Å²) in [5.74, 6) is -1.41. The number of carbonyl (C=O) groups is 2. The molecule has 0 bridgehead atoms. The average Bonchev–Trinajstić information content (AvgIpc) is 3.07. The molecule has 4 rings (SSSR count). The second-order valence-corrected chi connectivity index (χ2v) is 14.3. The zero-order chi connectivity index (χ0) is 28.4. The fourth-order valence-electron chi connectivity index (χ4n) is 10.2. The van der Waals surface area contributed by atoms with Crippen molar-refractivity contribution in [1.29, 1.82) is 0 Å². The Hall–Kier alpha value is -1.66. The molecule has 0 aliphatic heterocycles. The van der Waals surface area contributed by atoms with Gasteiger partial charge in [-0.2, -0.15) is 0 Å². The Bertz CT molecular complexity index is 1040. The summed E-state index contributed by atoms with van der Waals surface area (Å²) < 4.78 is 6.00. The lowest BCUT2D eigenvalue weighted by Crippen LogP contribution is -2.68. The second-order valence-electron chi connectivity index (χ2n) is 14.3. The maximum absolute atomic E-state index is 12.6. The highest BCUT2D eigenvalue weighted by Gasteiger charge is 2.73. The van der Waals surface area contributed by atoms with E-state index in [9.17, 15) is 24.9 Å². The summed E-state index contributed by atoms with van der Waals surface area (Å²) in [6, 6.07) is 0. The van der Waals surface area contributed by atoms with Crippen LogP contribution in [0.15, 0.2) is 22.8 Å². The van der Waals surface area contributed by atoms with Crippen molar-refractivity contribution >= 4 is 11.9 Å². The van der Waals surface area contributed by atoms with Gasteiger partial charge in [0, 0.05) is 6.92 Å². The molecular formula is C32H50O6. The van der Waals surface area contributed by atoms with Crippen molar-refractivity contribution in [2.75, 3.05) is 0 Å². The van der Waals surface area contributed by atoms with Crippen LogP contribution >= 0.6 is 0 Å². The van der Waals surface area contributed by atoms with Crippen LogP contribution in [0.5, 0.6) is 0 Å². The van der Waals surface area contributed by atoms with Crippen LogP contribution in [0.1, 0.15) is 107 Å². The van der Waals surface area contributed by atoms with E-state index in [2.05, 4.69) is 47.6 Å². The predicted octanol–water partition coefficient (Wildman–Crippen LogP) is 6.06. The molecule has 6 heteroatoms. The van der Waals surface area contributed by atoms with Crippen molar-refractivity contribution in [3.05, 3.63) is 22.8 Å². The molecule has 0 aromatic rings. The fourth-order valence-corrected chi connectivity index (χ4v) is 10.2. The molecule has 0 aromatic heterocycles. The molecule has 3 N–H and O–H groups in total. The maximum atomic E-state index is 12.6. The van der Waals surface area contributed by atoms with Crippen LogP contribution < -0.4 is 0 Å². The molecule has 214 valence electrons. The molecule has 1 unspecified atom stereocenters. The molecular weight excluding hydrogens is 480 g/mol. The number of esters is 1. The number of carboxylic acids is 1. The predicted molar refractivity (Wildman–Crippen MR) is 147 cm³/mol. The normalized spacial score (nSPS) is 47.3. The summed E-state index contributed by atoms with van der Waals surface area (Å²) in [6.45, 7) is 16.4. The number of allylic oxidation sites excluding steroid dienone is 3. The van der Waals surface area contributed by atoms with E-state index >= 15 is 0 Å². The summed E-state index contributed by atoms with van der Waals surface area (Å²) >= 11 is 0. The molecule has 4 saturated carbocycles. The Balaban J connectivity index is 1.79. The molecule has 10 atom stereocenters. The monoisotopic (exact) mass is 530 g/mol. The molecule has 0 spiro atoms. The minimum absolute atomic E-state index is 0.0931. The maximum Gasteiger partial charge on any atom is 0.312 e. The van der Waals surface area contributed by atoms with Crippen LogP contribution in [0, 0.1) is 39.4 Å². The van der Waals surface area contributed by atoms with E-state index in [-0.39, 0.29) is 40.7 Å². The molecule has 6 nitrogen and oxygen atoms in total. The molecule has 0 heterocycles. The first-order chi connectivity index (χ1) is 17.5. The Morgan fingerprint density at radius 1 is 1.00 bits per heavy atom. The Labute approximate surface area is 228 Å². The van der Waals surface area contributed by atoms with E-state index in [1.807, 2.05) is 0 Å². The van der Waals surface area contributed by atoms with Gasteiger partial charge in [-0.25, -0.2) is 0 Å². The smallest absolute Gasteiger partial charge is 0.312 e. The third-order valence-electron chi connectivity index (χ3n) is 12.1. The first-order valence-corrected chi connectivity index (χ1v) is 14.6. The first-order valence-electron chi connectivity index (χ1n) is 14.6. The Morgan fingerprint density at radius 3 is 2.24 bits per heavy atom. The number of ether oxygens (including phenoxy) is 1. The van der Waals surface area contributed by atoms with Gasteiger partial charge in [0.15, 0.2) is 0 Å². The van der Waals surface area contributed by atoms with Crippen LogP contribution in [0.4, 0.5) is 0 Å². The number of carboxylic acid groups (broad SMARTS) is 1. The molecule has 0 radical (unpaired) electrons. The summed E-state index contributed by atoms with van der Waals surface area (Å²) in [4.78, 5) is 24.8. The van der Waals surface area contributed by atoms with E-state index in [1.165, 1.54) is 23.6 Å². The van der Waals surface area contributed by atoms with E-state index in [0.29, 0.717) is 25.7 Å². The van der Waals surface area contributed by atoms with Crippen molar-refractivity contribution in [3.8, 4) is 0 Å². The minimum atomic E-state index is -1.23. The molecule has 0 saturated heterocycles.